The summed E-state index contributed by atoms with van der Waals surface area (Å²) in [6, 6.07) is 5.63. The Balaban J connectivity index is 2.14. The summed E-state index contributed by atoms with van der Waals surface area (Å²) in [5.41, 5.74) is 1.37. The highest BCUT2D eigenvalue weighted by Gasteiger charge is 2.21. The molecule has 1 aromatic rings. The molecule has 2 N–H and O–H groups in total. The molecular weight excluding hydrogens is 268 g/mol. The van der Waals surface area contributed by atoms with Gasteiger partial charge in [-0.2, -0.15) is 0 Å². The molecule has 0 saturated carbocycles. The lowest BCUT2D eigenvalue weighted by Gasteiger charge is -2.30. The molecule has 1 heterocycles. The van der Waals surface area contributed by atoms with Crippen LogP contribution in [0.1, 0.15) is 30.1 Å². The number of piperidine rings is 1. The van der Waals surface area contributed by atoms with Crippen molar-refractivity contribution < 1.29 is 14.3 Å². The van der Waals surface area contributed by atoms with Gasteiger partial charge in [0.15, 0.2) is 0 Å². The van der Waals surface area contributed by atoms with E-state index in [1.165, 1.54) is 7.11 Å². The van der Waals surface area contributed by atoms with Gasteiger partial charge in [-0.15, -0.1) is 0 Å². The van der Waals surface area contributed by atoms with Crippen LogP contribution in [0.2, 0.25) is 0 Å². The van der Waals surface area contributed by atoms with Crippen LogP contribution >= 0.6 is 0 Å². The van der Waals surface area contributed by atoms with Crippen LogP contribution in [-0.4, -0.2) is 39.3 Å². The monoisotopic (exact) mass is 292 g/mol. The summed E-state index contributed by atoms with van der Waals surface area (Å²) in [4.78, 5) is 11.7. The zero-order valence-corrected chi connectivity index (χ0v) is 12.9. The van der Waals surface area contributed by atoms with Crippen molar-refractivity contribution in [3.63, 3.8) is 0 Å². The normalized spacial score (nSPS) is 17.1. The molecule has 116 valence electrons. The number of benzene rings is 1. The smallest absolute Gasteiger partial charge is 0.337 e. The van der Waals surface area contributed by atoms with E-state index in [1.54, 1.807) is 25.3 Å². The van der Waals surface area contributed by atoms with Crippen LogP contribution in [0.5, 0.6) is 5.75 Å². The Morgan fingerprint density at radius 1 is 1.33 bits per heavy atom. The second-order valence-corrected chi connectivity index (χ2v) is 5.43. The fourth-order valence-corrected chi connectivity index (χ4v) is 2.77. The minimum absolute atomic E-state index is 0.328. The van der Waals surface area contributed by atoms with E-state index in [2.05, 4.69) is 17.6 Å². The van der Waals surface area contributed by atoms with Crippen LogP contribution < -0.4 is 15.4 Å². The van der Waals surface area contributed by atoms with E-state index in [1.807, 2.05) is 0 Å². The van der Waals surface area contributed by atoms with Gasteiger partial charge in [-0.05, 0) is 57.0 Å². The van der Waals surface area contributed by atoms with Gasteiger partial charge in [0.05, 0.1) is 25.5 Å². The van der Waals surface area contributed by atoms with E-state index in [-0.39, 0.29) is 5.97 Å². The lowest BCUT2D eigenvalue weighted by atomic mass is 9.91. The maximum atomic E-state index is 11.7. The molecule has 0 aromatic heterocycles. The first-order valence-electron chi connectivity index (χ1n) is 7.39. The summed E-state index contributed by atoms with van der Waals surface area (Å²) >= 11 is 0. The molecular formula is C16H24N2O3. The van der Waals surface area contributed by atoms with Crippen molar-refractivity contribution in [2.45, 2.75) is 25.8 Å². The molecule has 1 saturated heterocycles. The Hall–Kier alpha value is -1.75. The predicted molar refractivity (Wildman–Crippen MR) is 83.0 cm³/mol. The third-order valence-corrected chi connectivity index (χ3v) is 4.09. The van der Waals surface area contributed by atoms with Gasteiger partial charge < -0.3 is 20.1 Å². The minimum Gasteiger partial charge on any atom is -0.495 e. The molecule has 1 atom stereocenters. The van der Waals surface area contributed by atoms with Crippen molar-refractivity contribution in [3.05, 3.63) is 23.8 Å². The summed E-state index contributed by atoms with van der Waals surface area (Å²) in [5, 5.41) is 6.86. The quantitative estimate of drug-likeness (QED) is 0.815. The van der Waals surface area contributed by atoms with Crippen molar-refractivity contribution in [2.24, 2.45) is 5.92 Å². The van der Waals surface area contributed by atoms with Crippen molar-refractivity contribution in [1.29, 1.82) is 0 Å². The standard InChI is InChI=1S/C16H24N2O3/c1-11(12-6-8-17-9-7-12)18-14-10-13(16(19)21-3)4-5-15(14)20-2/h4-5,10-12,17-18H,6-9H2,1-3H3. The maximum absolute atomic E-state index is 11.7. The molecule has 0 bridgehead atoms. The number of carbonyl (C=O) groups excluding carboxylic acids is 1. The predicted octanol–water partition coefficient (Wildman–Crippen LogP) is 2.28. The fraction of sp³-hybridized carbons (Fsp3) is 0.562. The molecule has 1 unspecified atom stereocenters. The van der Waals surface area contributed by atoms with Crippen LogP contribution in [-0.2, 0) is 4.74 Å². The van der Waals surface area contributed by atoms with E-state index in [0.29, 0.717) is 17.5 Å². The first-order valence-corrected chi connectivity index (χ1v) is 7.39. The van der Waals surface area contributed by atoms with Crippen LogP contribution in [0.15, 0.2) is 18.2 Å². The Labute approximate surface area is 126 Å². The molecule has 1 fully saturated rings. The van der Waals surface area contributed by atoms with Crippen molar-refractivity contribution in [2.75, 3.05) is 32.6 Å². The van der Waals surface area contributed by atoms with Crippen LogP contribution in [0, 0.1) is 5.92 Å². The second kappa shape index (κ2) is 7.31. The molecule has 0 spiro atoms. The Bertz CT molecular complexity index is 484. The maximum Gasteiger partial charge on any atom is 0.337 e. The summed E-state index contributed by atoms with van der Waals surface area (Å²) in [6.07, 6.45) is 2.32. The SMILES string of the molecule is COC(=O)c1ccc(OC)c(NC(C)C2CCNCC2)c1. The number of hydrogen-bond donors (Lipinski definition) is 2. The molecule has 0 amide bonds. The highest BCUT2D eigenvalue weighted by atomic mass is 16.5. The van der Waals surface area contributed by atoms with Gasteiger partial charge in [-0.25, -0.2) is 4.79 Å². The molecule has 21 heavy (non-hydrogen) atoms. The zero-order chi connectivity index (χ0) is 15.2. The van der Waals surface area contributed by atoms with Gasteiger partial charge in [-0.3, -0.25) is 0 Å². The van der Waals surface area contributed by atoms with Gasteiger partial charge in [0, 0.05) is 6.04 Å². The van der Waals surface area contributed by atoms with Crippen molar-refractivity contribution in [3.8, 4) is 5.75 Å². The van der Waals surface area contributed by atoms with Crippen LogP contribution in [0.25, 0.3) is 0 Å². The second-order valence-electron chi connectivity index (χ2n) is 5.43. The lowest BCUT2D eigenvalue weighted by molar-refractivity contribution is 0.0600. The summed E-state index contributed by atoms with van der Waals surface area (Å²) in [5.74, 6) is 1.02. The number of hydrogen-bond acceptors (Lipinski definition) is 5. The largest absolute Gasteiger partial charge is 0.495 e. The van der Waals surface area contributed by atoms with Crippen LogP contribution in [0.4, 0.5) is 5.69 Å². The number of esters is 1. The van der Waals surface area contributed by atoms with Gasteiger partial charge in [0.1, 0.15) is 5.75 Å². The third kappa shape index (κ3) is 3.88. The number of anilines is 1. The Morgan fingerprint density at radius 2 is 2.05 bits per heavy atom. The van der Waals surface area contributed by atoms with E-state index < -0.39 is 0 Å². The summed E-state index contributed by atoms with van der Waals surface area (Å²) in [6.45, 7) is 4.31. The first-order chi connectivity index (χ1) is 10.2. The van der Waals surface area contributed by atoms with Crippen LogP contribution in [0.3, 0.4) is 0 Å². The topological polar surface area (TPSA) is 59.6 Å². The summed E-state index contributed by atoms with van der Waals surface area (Å²) < 4.78 is 10.1. The molecule has 5 nitrogen and oxygen atoms in total. The molecule has 0 aliphatic carbocycles. The number of carbonyl (C=O) groups is 1. The highest BCUT2D eigenvalue weighted by Crippen LogP contribution is 2.29. The van der Waals surface area contributed by atoms with Gasteiger partial charge in [0.25, 0.3) is 0 Å². The van der Waals surface area contributed by atoms with Gasteiger partial charge in [0.2, 0.25) is 0 Å². The van der Waals surface area contributed by atoms with E-state index in [9.17, 15) is 4.79 Å². The highest BCUT2D eigenvalue weighted by molar-refractivity contribution is 5.91. The molecule has 0 radical (unpaired) electrons. The van der Waals surface area contributed by atoms with Crippen molar-refractivity contribution in [1.82, 2.24) is 5.32 Å². The fourth-order valence-electron chi connectivity index (χ4n) is 2.77. The van der Waals surface area contributed by atoms with E-state index in [4.69, 9.17) is 9.47 Å². The average molecular weight is 292 g/mol. The summed E-state index contributed by atoms with van der Waals surface area (Å²) in [7, 11) is 3.02. The average Bonchev–Trinajstić information content (AvgIpc) is 2.54. The Kier molecular flexibility index (Phi) is 5.44. The molecule has 1 aliphatic rings. The van der Waals surface area contributed by atoms with Gasteiger partial charge in [-0.1, -0.05) is 0 Å². The van der Waals surface area contributed by atoms with Gasteiger partial charge >= 0.3 is 5.97 Å². The number of nitrogens with one attached hydrogen (secondary N) is 2. The first kappa shape index (κ1) is 15.6. The minimum atomic E-state index is -0.338. The number of rotatable bonds is 5. The lowest BCUT2D eigenvalue weighted by Crippen LogP contribution is -2.36. The van der Waals surface area contributed by atoms with Crippen molar-refractivity contribution >= 4 is 11.7 Å². The Morgan fingerprint density at radius 3 is 2.67 bits per heavy atom. The molecule has 1 aromatic carbocycles. The zero-order valence-electron chi connectivity index (χ0n) is 12.9. The number of ether oxygens (including phenoxy) is 2. The molecule has 1 aliphatic heterocycles. The number of methoxy groups -OCH3 is 2. The van der Waals surface area contributed by atoms with E-state index in [0.717, 1.165) is 37.4 Å². The third-order valence-electron chi connectivity index (χ3n) is 4.09. The molecule has 2 rings (SSSR count). The van der Waals surface area contributed by atoms with E-state index >= 15 is 0 Å². The molecule has 5 heteroatoms.